The Morgan fingerprint density at radius 1 is 0.962 bits per heavy atom. The molecular weight excluding hydrogens is 331 g/mol. The summed E-state index contributed by atoms with van der Waals surface area (Å²) in [5.41, 5.74) is 2.22. The van der Waals surface area contributed by atoms with E-state index in [1.54, 1.807) is 24.3 Å². The third-order valence-corrected chi connectivity index (χ3v) is 3.90. The van der Waals surface area contributed by atoms with Crippen molar-refractivity contribution in [1.82, 2.24) is 15.5 Å². The Labute approximate surface area is 151 Å². The minimum atomic E-state index is -0.320. The van der Waals surface area contributed by atoms with E-state index >= 15 is 0 Å². The summed E-state index contributed by atoms with van der Waals surface area (Å²) < 4.78 is 12.9. The largest absolute Gasteiger partial charge is 0.354 e. The van der Waals surface area contributed by atoms with Gasteiger partial charge in [0.25, 0.3) is 5.91 Å². The van der Waals surface area contributed by atoms with Gasteiger partial charge < -0.3 is 10.2 Å². The summed E-state index contributed by atoms with van der Waals surface area (Å²) in [5, 5.41) is 10.9. The van der Waals surface area contributed by atoms with Gasteiger partial charge in [-0.3, -0.25) is 4.79 Å². The summed E-state index contributed by atoms with van der Waals surface area (Å²) in [6.45, 7) is 1.00. The molecule has 0 unspecified atom stereocenters. The van der Waals surface area contributed by atoms with Gasteiger partial charge >= 0.3 is 0 Å². The SMILES string of the molecule is CN(Cc1ccccc1)c1ccc(C(=O)NCc2ccc(F)cc2)nn1. The highest BCUT2D eigenvalue weighted by Gasteiger charge is 2.10. The zero-order valence-corrected chi connectivity index (χ0v) is 14.4. The van der Waals surface area contributed by atoms with E-state index < -0.39 is 0 Å². The highest BCUT2D eigenvalue weighted by molar-refractivity contribution is 5.92. The lowest BCUT2D eigenvalue weighted by molar-refractivity contribution is 0.0945. The molecule has 1 aromatic heterocycles. The van der Waals surface area contributed by atoms with Gasteiger partial charge in [0, 0.05) is 20.1 Å². The Morgan fingerprint density at radius 3 is 2.35 bits per heavy atom. The van der Waals surface area contributed by atoms with E-state index in [1.807, 2.05) is 42.3 Å². The minimum Gasteiger partial charge on any atom is -0.354 e. The van der Waals surface area contributed by atoms with E-state index in [1.165, 1.54) is 12.1 Å². The van der Waals surface area contributed by atoms with Gasteiger partial charge in [0.1, 0.15) is 5.82 Å². The van der Waals surface area contributed by atoms with Gasteiger partial charge in [0.05, 0.1) is 0 Å². The summed E-state index contributed by atoms with van der Waals surface area (Å²) in [6.07, 6.45) is 0. The molecule has 26 heavy (non-hydrogen) atoms. The van der Waals surface area contributed by atoms with Crippen molar-refractivity contribution >= 4 is 11.7 Å². The van der Waals surface area contributed by atoms with E-state index in [-0.39, 0.29) is 17.4 Å². The van der Waals surface area contributed by atoms with Crippen molar-refractivity contribution in [3.8, 4) is 0 Å². The van der Waals surface area contributed by atoms with Crippen LogP contribution in [0.15, 0.2) is 66.7 Å². The van der Waals surface area contributed by atoms with Crippen molar-refractivity contribution in [2.75, 3.05) is 11.9 Å². The van der Waals surface area contributed by atoms with Crippen LogP contribution in [0.5, 0.6) is 0 Å². The topological polar surface area (TPSA) is 58.1 Å². The molecule has 0 spiro atoms. The lowest BCUT2D eigenvalue weighted by Crippen LogP contribution is -2.25. The monoisotopic (exact) mass is 350 g/mol. The number of halogens is 1. The number of nitrogens with zero attached hydrogens (tertiary/aromatic N) is 3. The average molecular weight is 350 g/mol. The molecule has 1 amide bonds. The van der Waals surface area contributed by atoms with E-state index in [9.17, 15) is 9.18 Å². The Bertz CT molecular complexity index is 851. The van der Waals surface area contributed by atoms with Gasteiger partial charge in [-0.05, 0) is 35.4 Å². The predicted octanol–water partition coefficient (Wildman–Crippen LogP) is 3.18. The van der Waals surface area contributed by atoms with Crippen LogP contribution in [0.4, 0.5) is 10.2 Å². The highest BCUT2D eigenvalue weighted by atomic mass is 19.1. The fraction of sp³-hybridized carbons (Fsp3) is 0.150. The second-order valence-corrected chi connectivity index (χ2v) is 5.93. The Kier molecular flexibility index (Phi) is 5.53. The molecule has 132 valence electrons. The third-order valence-electron chi connectivity index (χ3n) is 3.90. The minimum absolute atomic E-state index is 0.240. The van der Waals surface area contributed by atoms with Crippen LogP contribution in [0.1, 0.15) is 21.6 Å². The normalized spacial score (nSPS) is 10.4. The van der Waals surface area contributed by atoms with Crippen LogP contribution < -0.4 is 10.2 Å². The van der Waals surface area contributed by atoms with Crippen LogP contribution in [-0.4, -0.2) is 23.2 Å². The predicted molar refractivity (Wildman–Crippen MR) is 98.2 cm³/mol. The number of anilines is 1. The molecule has 1 N–H and O–H groups in total. The standard InChI is InChI=1S/C20H19FN4O/c1-25(14-16-5-3-2-4-6-16)19-12-11-18(23-24-19)20(26)22-13-15-7-9-17(21)10-8-15/h2-12H,13-14H2,1H3,(H,22,26). The van der Waals surface area contributed by atoms with E-state index in [2.05, 4.69) is 15.5 Å². The number of rotatable bonds is 6. The molecule has 0 atom stereocenters. The first-order chi connectivity index (χ1) is 12.6. The number of amides is 1. The summed E-state index contributed by atoms with van der Waals surface area (Å²) in [5.74, 6) is 0.0594. The highest BCUT2D eigenvalue weighted by Crippen LogP contribution is 2.12. The maximum atomic E-state index is 12.9. The fourth-order valence-corrected chi connectivity index (χ4v) is 2.46. The number of hydrogen-bond donors (Lipinski definition) is 1. The molecule has 0 saturated carbocycles. The van der Waals surface area contributed by atoms with E-state index in [4.69, 9.17) is 0 Å². The molecule has 0 aliphatic rings. The van der Waals surface area contributed by atoms with Crippen LogP contribution in [0.2, 0.25) is 0 Å². The second kappa shape index (κ2) is 8.20. The molecule has 1 heterocycles. The van der Waals surface area contributed by atoms with Crippen molar-refractivity contribution in [2.45, 2.75) is 13.1 Å². The maximum Gasteiger partial charge on any atom is 0.272 e. The molecule has 2 aromatic carbocycles. The molecule has 0 fully saturated rings. The lowest BCUT2D eigenvalue weighted by atomic mass is 10.2. The Hall–Kier alpha value is -3.28. The van der Waals surface area contributed by atoms with E-state index in [0.29, 0.717) is 18.9 Å². The molecule has 3 aromatic rings. The Morgan fingerprint density at radius 2 is 1.69 bits per heavy atom. The van der Waals surface area contributed by atoms with Gasteiger partial charge in [-0.1, -0.05) is 42.5 Å². The van der Waals surface area contributed by atoms with Gasteiger partial charge in [-0.25, -0.2) is 4.39 Å². The first-order valence-corrected chi connectivity index (χ1v) is 8.23. The molecule has 0 aliphatic carbocycles. The van der Waals surface area contributed by atoms with Crippen LogP contribution in [0.25, 0.3) is 0 Å². The maximum absolute atomic E-state index is 12.9. The number of carbonyl (C=O) groups excluding carboxylic acids is 1. The third kappa shape index (κ3) is 4.63. The molecule has 0 aliphatic heterocycles. The van der Waals surface area contributed by atoms with Crippen LogP contribution in [0, 0.1) is 5.82 Å². The smallest absolute Gasteiger partial charge is 0.272 e. The van der Waals surface area contributed by atoms with Crippen molar-refractivity contribution in [3.63, 3.8) is 0 Å². The summed E-state index contributed by atoms with van der Waals surface area (Å²) in [7, 11) is 1.92. The van der Waals surface area contributed by atoms with Crippen molar-refractivity contribution < 1.29 is 9.18 Å². The van der Waals surface area contributed by atoms with Gasteiger partial charge in [-0.2, -0.15) is 0 Å². The first-order valence-electron chi connectivity index (χ1n) is 8.23. The second-order valence-electron chi connectivity index (χ2n) is 5.93. The lowest BCUT2D eigenvalue weighted by Gasteiger charge is -2.17. The number of carbonyl (C=O) groups is 1. The Balaban J connectivity index is 1.57. The average Bonchev–Trinajstić information content (AvgIpc) is 2.68. The van der Waals surface area contributed by atoms with E-state index in [0.717, 1.165) is 11.1 Å². The zero-order valence-electron chi connectivity index (χ0n) is 14.4. The molecule has 0 saturated heterocycles. The first kappa shape index (κ1) is 17.5. The number of nitrogens with one attached hydrogen (secondary N) is 1. The molecule has 5 nitrogen and oxygen atoms in total. The van der Waals surface area contributed by atoms with Crippen molar-refractivity contribution in [1.29, 1.82) is 0 Å². The molecule has 0 bridgehead atoms. The number of benzene rings is 2. The van der Waals surface area contributed by atoms with Crippen molar-refractivity contribution in [3.05, 3.63) is 89.4 Å². The van der Waals surface area contributed by atoms with Gasteiger partial charge in [0.2, 0.25) is 0 Å². The number of hydrogen-bond acceptors (Lipinski definition) is 4. The van der Waals surface area contributed by atoms with Crippen molar-refractivity contribution in [2.24, 2.45) is 0 Å². The van der Waals surface area contributed by atoms with Crippen LogP contribution in [0.3, 0.4) is 0 Å². The van der Waals surface area contributed by atoms with Gasteiger partial charge in [-0.15, -0.1) is 10.2 Å². The molecule has 3 rings (SSSR count). The van der Waals surface area contributed by atoms with Crippen LogP contribution in [-0.2, 0) is 13.1 Å². The van der Waals surface area contributed by atoms with Crippen LogP contribution >= 0.6 is 0 Å². The zero-order chi connectivity index (χ0) is 18.4. The molecule has 6 heteroatoms. The quantitative estimate of drug-likeness (QED) is 0.742. The van der Waals surface area contributed by atoms with Gasteiger partial charge in [0.15, 0.2) is 11.5 Å². The summed E-state index contributed by atoms with van der Waals surface area (Å²) >= 11 is 0. The number of aromatic nitrogens is 2. The fourth-order valence-electron chi connectivity index (χ4n) is 2.46. The summed E-state index contributed by atoms with van der Waals surface area (Å²) in [4.78, 5) is 14.1. The molecular formula is C20H19FN4O. The molecule has 0 radical (unpaired) electrons. The summed E-state index contributed by atoms with van der Waals surface area (Å²) in [6, 6.07) is 19.4.